The van der Waals surface area contributed by atoms with E-state index in [2.05, 4.69) is 24.1 Å². The van der Waals surface area contributed by atoms with Gasteiger partial charge in [0.1, 0.15) is 5.75 Å². The van der Waals surface area contributed by atoms with E-state index in [1.54, 1.807) is 7.11 Å². The number of nitrogens with zero attached hydrogens (tertiary/aromatic N) is 2. The van der Waals surface area contributed by atoms with Crippen LogP contribution in [0.3, 0.4) is 0 Å². The van der Waals surface area contributed by atoms with Crippen molar-refractivity contribution in [3.8, 4) is 16.9 Å². The van der Waals surface area contributed by atoms with Gasteiger partial charge in [0.25, 0.3) is 0 Å². The van der Waals surface area contributed by atoms with Gasteiger partial charge >= 0.3 is 6.03 Å². The van der Waals surface area contributed by atoms with Crippen LogP contribution in [0.25, 0.3) is 11.1 Å². The molecule has 1 unspecified atom stereocenters. The molecule has 0 saturated carbocycles. The van der Waals surface area contributed by atoms with E-state index in [9.17, 15) is 4.79 Å². The van der Waals surface area contributed by atoms with E-state index in [4.69, 9.17) is 4.74 Å². The summed E-state index contributed by atoms with van der Waals surface area (Å²) in [5.74, 6) is 0.822. The van der Waals surface area contributed by atoms with Crippen molar-refractivity contribution < 1.29 is 9.53 Å². The van der Waals surface area contributed by atoms with Crippen LogP contribution < -0.4 is 10.1 Å². The van der Waals surface area contributed by atoms with Crippen LogP contribution in [0.2, 0.25) is 0 Å². The predicted molar refractivity (Wildman–Crippen MR) is 110 cm³/mol. The standard InChI is InChI=1S/C22H29N3O2/c1-4-24(5-2)19-13-14-25(16-19)22(26)23-18-10-8-9-17(15-18)20-11-6-7-12-21(20)27-3/h6-12,15,19H,4-5,13-14,16H2,1-3H3,(H,23,26). The van der Waals surface area contributed by atoms with Crippen molar-refractivity contribution in [3.05, 3.63) is 48.5 Å². The summed E-state index contributed by atoms with van der Waals surface area (Å²) in [7, 11) is 1.67. The summed E-state index contributed by atoms with van der Waals surface area (Å²) < 4.78 is 5.46. The van der Waals surface area contributed by atoms with Gasteiger partial charge in [0.15, 0.2) is 0 Å². The van der Waals surface area contributed by atoms with Gasteiger partial charge in [-0.3, -0.25) is 4.90 Å². The van der Waals surface area contributed by atoms with Gasteiger partial charge in [-0.1, -0.05) is 44.2 Å². The number of amides is 2. The maximum Gasteiger partial charge on any atom is 0.321 e. The van der Waals surface area contributed by atoms with E-state index in [-0.39, 0.29) is 6.03 Å². The highest BCUT2D eigenvalue weighted by Crippen LogP contribution is 2.31. The quantitative estimate of drug-likeness (QED) is 0.827. The molecule has 5 heteroatoms. The first-order chi connectivity index (χ1) is 13.2. The molecule has 2 amide bonds. The Labute approximate surface area is 161 Å². The third-order valence-electron chi connectivity index (χ3n) is 5.31. The normalized spacial score (nSPS) is 16.6. The highest BCUT2D eigenvalue weighted by Gasteiger charge is 2.29. The maximum atomic E-state index is 12.7. The first-order valence-corrected chi connectivity index (χ1v) is 9.69. The summed E-state index contributed by atoms with van der Waals surface area (Å²) in [5, 5.41) is 3.05. The van der Waals surface area contributed by atoms with Gasteiger partial charge in [-0.25, -0.2) is 4.79 Å². The number of carbonyl (C=O) groups is 1. The maximum absolute atomic E-state index is 12.7. The third kappa shape index (κ3) is 4.42. The molecule has 0 spiro atoms. The number of anilines is 1. The summed E-state index contributed by atoms with van der Waals surface area (Å²) >= 11 is 0. The van der Waals surface area contributed by atoms with Gasteiger partial charge in [-0.15, -0.1) is 0 Å². The average Bonchev–Trinajstić information content (AvgIpc) is 3.19. The van der Waals surface area contributed by atoms with Gasteiger partial charge in [-0.2, -0.15) is 0 Å². The van der Waals surface area contributed by atoms with Gasteiger partial charge in [0.2, 0.25) is 0 Å². The van der Waals surface area contributed by atoms with E-state index in [1.165, 1.54) is 0 Å². The summed E-state index contributed by atoms with van der Waals surface area (Å²) in [6.07, 6.45) is 1.04. The van der Waals surface area contributed by atoms with Crippen molar-refractivity contribution in [3.63, 3.8) is 0 Å². The molecule has 0 aliphatic carbocycles. The third-order valence-corrected chi connectivity index (χ3v) is 5.31. The van der Waals surface area contributed by atoms with Crippen LogP contribution in [0.4, 0.5) is 10.5 Å². The molecule has 144 valence electrons. The Bertz CT molecular complexity index is 774. The Hall–Kier alpha value is -2.53. The zero-order valence-electron chi connectivity index (χ0n) is 16.4. The zero-order chi connectivity index (χ0) is 19.2. The highest BCUT2D eigenvalue weighted by atomic mass is 16.5. The second-order valence-corrected chi connectivity index (χ2v) is 6.82. The van der Waals surface area contributed by atoms with Crippen LogP contribution in [0.15, 0.2) is 48.5 Å². The molecule has 27 heavy (non-hydrogen) atoms. The van der Waals surface area contributed by atoms with Crippen molar-refractivity contribution in [2.24, 2.45) is 0 Å². The largest absolute Gasteiger partial charge is 0.496 e. The molecule has 1 heterocycles. The van der Waals surface area contributed by atoms with E-state index in [1.807, 2.05) is 53.4 Å². The summed E-state index contributed by atoms with van der Waals surface area (Å²) in [5.41, 5.74) is 2.83. The molecule has 2 aromatic carbocycles. The van der Waals surface area contributed by atoms with E-state index >= 15 is 0 Å². The monoisotopic (exact) mass is 367 g/mol. The molecule has 0 aromatic heterocycles. The van der Waals surface area contributed by atoms with Gasteiger partial charge < -0.3 is 15.0 Å². The van der Waals surface area contributed by atoms with Gasteiger partial charge in [0, 0.05) is 30.4 Å². The molecule has 1 N–H and O–H groups in total. The molecule has 0 bridgehead atoms. The van der Waals surface area contributed by atoms with Crippen molar-refractivity contribution in [2.75, 3.05) is 38.6 Å². The lowest BCUT2D eigenvalue weighted by molar-refractivity contribution is 0.202. The van der Waals surface area contributed by atoms with Crippen LogP contribution in [0, 0.1) is 0 Å². The minimum Gasteiger partial charge on any atom is -0.496 e. The van der Waals surface area contributed by atoms with Gasteiger partial charge in [0.05, 0.1) is 7.11 Å². The van der Waals surface area contributed by atoms with Crippen LogP contribution in [-0.2, 0) is 0 Å². The molecule has 1 aliphatic heterocycles. The Balaban J connectivity index is 1.69. The number of rotatable bonds is 6. The molecule has 0 radical (unpaired) electrons. The predicted octanol–water partition coefficient (Wildman–Crippen LogP) is 4.31. The minimum absolute atomic E-state index is 0.0261. The number of urea groups is 1. The molecular weight excluding hydrogens is 338 g/mol. The van der Waals surface area contributed by atoms with Crippen LogP contribution in [-0.4, -0.2) is 55.2 Å². The van der Waals surface area contributed by atoms with E-state index in [0.29, 0.717) is 6.04 Å². The molecule has 3 rings (SSSR count). The number of likely N-dealkylation sites (tertiary alicyclic amines) is 1. The van der Waals surface area contributed by atoms with Crippen molar-refractivity contribution >= 4 is 11.7 Å². The smallest absolute Gasteiger partial charge is 0.321 e. The van der Waals surface area contributed by atoms with Crippen molar-refractivity contribution in [1.29, 1.82) is 0 Å². The lowest BCUT2D eigenvalue weighted by atomic mass is 10.0. The molecule has 5 nitrogen and oxygen atoms in total. The van der Waals surface area contributed by atoms with E-state index in [0.717, 1.165) is 55.2 Å². The number of carbonyl (C=O) groups excluding carboxylic acids is 1. The Morgan fingerprint density at radius 3 is 2.70 bits per heavy atom. The second kappa shape index (κ2) is 8.91. The number of nitrogens with one attached hydrogen (secondary N) is 1. The van der Waals surface area contributed by atoms with Gasteiger partial charge in [-0.05, 0) is 43.3 Å². The van der Waals surface area contributed by atoms with Crippen LogP contribution in [0.1, 0.15) is 20.3 Å². The Morgan fingerprint density at radius 1 is 1.19 bits per heavy atom. The minimum atomic E-state index is -0.0261. The molecule has 1 atom stereocenters. The molecule has 1 saturated heterocycles. The fourth-order valence-corrected chi connectivity index (χ4v) is 3.81. The number of benzene rings is 2. The molecule has 1 fully saturated rings. The fourth-order valence-electron chi connectivity index (χ4n) is 3.81. The summed E-state index contributed by atoms with van der Waals surface area (Å²) in [4.78, 5) is 17.0. The molecular formula is C22H29N3O2. The first-order valence-electron chi connectivity index (χ1n) is 9.69. The second-order valence-electron chi connectivity index (χ2n) is 6.82. The summed E-state index contributed by atoms with van der Waals surface area (Å²) in [6, 6.07) is 16.2. The lowest BCUT2D eigenvalue weighted by Gasteiger charge is -2.26. The number of methoxy groups -OCH3 is 1. The van der Waals surface area contributed by atoms with Crippen LogP contribution in [0.5, 0.6) is 5.75 Å². The SMILES string of the molecule is CCN(CC)C1CCN(C(=O)Nc2cccc(-c3ccccc3OC)c2)C1. The fraction of sp³-hybridized carbons (Fsp3) is 0.409. The summed E-state index contributed by atoms with van der Waals surface area (Å²) in [6.45, 7) is 8.00. The highest BCUT2D eigenvalue weighted by molar-refractivity contribution is 5.90. The van der Waals surface area contributed by atoms with E-state index < -0.39 is 0 Å². The van der Waals surface area contributed by atoms with Crippen LogP contribution >= 0.6 is 0 Å². The first kappa shape index (κ1) is 19.2. The zero-order valence-corrected chi connectivity index (χ0v) is 16.4. The Kier molecular flexibility index (Phi) is 6.35. The number of para-hydroxylation sites is 1. The lowest BCUT2D eigenvalue weighted by Crippen LogP contribution is -2.39. The Morgan fingerprint density at radius 2 is 1.96 bits per heavy atom. The number of hydrogen-bond acceptors (Lipinski definition) is 3. The number of ether oxygens (including phenoxy) is 1. The van der Waals surface area contributed by atoms with Crippen molar-refractivity contribution in [2.45, 2.75) is 26.3 Å². The number of hydrogen-bond donors (Lipinski definition) is 1. The molecule has 2 aromatic rings. The average molecular weight is 367 g/mol. The topological polar surface area (TPSA) is 44.8 Å². The number of likely N-dealkylation sites (N-methyl/N-ethyl adjacent to an activating group) is 1. The molecule has 1 aliphatic rings. The van der Waals surface area contributed by atoms with Crippen molar-refractivity contribution in [1.82, 2.24) is 9.80 Å².